The van der Waals surface area contributed by atoms with Crippen molar-refractivity contribution in [3.05, 3.63) is 12.2 Å². The topological polar surface area (TPSA) is 3.24 Å². The lowest BCUT2D eigenvalue weighted by molar-refractivity contribution is -0.340. The summed E-state index contributed by atoms with van der Waals surface area (Å²) in [6.45, 7) is 1.98. The fraction of sp³-hybridized carbons (Fsp3) is 0.600. The molecule has 0 fully saturated rings. The first-order chi connectivity index (χ1) is 5.98. The number of nitrogens with zero attached hydrogens (tertiary/aromatic N) is 1. The van der Waals surface area contributed by atoms with Gasteiger partial charge in [-0.3, -0.25) is 0 Å². The number of alkyl halides is 7. The summed E-state index contributed by atoms with van der Waals surface area (Å²) < 4.78 is 92.7. The highest BCUT2D eigenvalue weighted by Gasteiger charge is 2.50. The number of rotatable bonds is 2. The Morgan fingerprint density at radius 2 is 1.43 bits per heavy atom. The zero-order valence-electron chi connectivity index (χ0n) is 6.26. The molecular formula is C5H3F8N. The second-order valence-electron chi connectivity index (χ2n) is 2.14. The highest BCUT2D eigenvalue weighted by molar-refractivity contribution is 5.07. The van der Waals surface area contributed by atoms with Gasteiger partial charge in [-0.05, 0) is 5.12 Å². The molecule has 1 atom stereocenters. The fourth-order valence-corrected chi connectivity index (χ4v) is 0.400. The molecule has 84 valence electrons. The van der Waals surface area contributed by atoms with Gasteiger partial charge in [-0.1, -0.05) is 6.58 Å². The third kappa shape index (κ3) is 3.13. The van der Waals surface area contributed by atoms with Crippen LogP contribution >= 0.6 is 0 Å². The van der Waals surface area contributed by atoms with Gasteiger partial charge in [0.05, 0.1) is 5.57 Å². The van der Waals surface area contributed by atoms with E-state index in [9.17, 15) is 35.2 Å². The first-order valence-corrected chi connectivity index (χ1v) is 2.90. The van der Waals surface area contributed by atoms with Crippen molar-refractivity contribution in [2.75, 3.05) is 0 Å². The van der Waals surface area contributed by atoms with Crippen LogP contribution in [0.1, 0.15) is 0 Å². The van der Waals surface area contributed by atoms with Gasteiger partial charge < -0.3 is 0 Å². The Balaban J connectivity index is 4.65. The first kappa shape index (κ1) is 13.1. The summed E-state index contributed by atoms with van der Waals surface area (Å²) >= 11 is 0. The summed E-state index contributed by atoms with van der Waals surface area (Å²) in [6.07, 6.45) is -15.3. The Hall–Kier alpha value is -0.860. The van der Waals surface area contributed by atoms with Gasteiger partial charge in [0, 0.05) is 0 Å². The van der Waals surface area contributed by atoms with Crippen LogP contribution in [0.3, 0.4) is 0 Å². The second-order valence-corrected chi connectivity index (χ2v) is 2.14. The average Bonchev–Trinajstić information content (AvgIpc) is 1.97. The van der Waals surface area contributed by atoms with E-state index in [1.165, 1.54) is 0 Å². The summed E-state index contributed by atoms with van der Waals surface area (Å²) in [4.78, 5) is 0. The van der Waals surface area contributed by atoms with Gasteiger partial charge in [-0.2, -0.15) is 26.3 Å². The van der Waals surface area contributed by atoms with Crippen LogP contribution in [0.2, 0.25) is 0 Å². The van der Waals surface area contributed by atoms with Crippen LogP contribution in [0, 0.1) is 0 Å². The molecule has 0 heterocycles. The minimum absolute atomic E-state index is 1.98. The Bertz CT molecular complexity index is 215. The summed E-state index contributed by atoms with van der Waals surface area (Å²) in [7, 11) is 0. The van der Waals surface area contributed by atoms with E-state index in [4.69, 9.17) is 0 Å². The highest BCUT2D eigenvalue weighted by Crippen LogP contribution is 2.34. The maximum atomic E-state index is 12.2. The molecular weight excluding hydrogens is 226 g/mol. The predicted molar refractivity (Wildman–Crippen MR) is 29.1 cm³/mol. The summed E-state index contributed by atoms with van der Waals surface area (Å²) in [5.74, 6) is 0. The normalized spacial score (nSPS) is 15.8. The van der Waals surface area contributed by atoms with Gasteiger partial charge in [-0.15, -0.1) is 4.48 Å². The van der Waals surface area contributed by atoms with Crippen molar-refractivity contribution in [1.82, 2.24) is 5.12 Å². The van der Waals surface area contributed by atoms with Crippen molar-refractivity contribution < 1.29 is 35.2 Å². The molecule has 0 amide bonds. The van der Waals surface area contributed by atoms with Gasteiger partial charge in [-0.25, -0.2) is 4.39 Å². The third-order valence-corrected chi connectivity index (χ3v) is 1.09. The van der Waals surface area contributed by atoms with E-state index in [2.05, 4.69) is 0 Å². The van der Waals surface area contributed by atoms with Gasteiger partial charge >= 0.3 is 12.5 Å². The predicted octanol–water partition coefficient (Wildman–Crippen LogP) is 3.11. The Kier molecular flexibility index (Phi) is 3.49. The number of hydrogen-bond donors (Lipinski definition) is 0. The minimum atomic E-state index is -5.84. The second kappa shape index (κ2) is 3.71. The average molecular weight is 229 g/mol. The molecule has 0 radical (unpaired) electrons. The van der Waals surface area contributed by atoms with Crippen LogP contribution in [0.15, 0.2) is 12.2 Å². The molecule has 0 N–H and O–H groups in total. The number of hydrogen-bond acceptors (Lipinski definition) is 1. The summed E-state index contributed by atoms with van der Waals surface area (Å²) in [6, 6.07) is 0. The Morgan fingerprint density at radius 1 is 1.07 bits per heavy atom. The third-order valence-electron chi connectivity index (χ3n) is 1.09. The van der Waals surface area contributed by atoms with Crippen molar-refractivity contribution >= 4 is 0 Å². The van der Waals surface area contributed by atoms with Crippen molar-refractivity contribution in [2.24, 2.45) is 0 Å². The van der Waals surface area contributed by atoms with E-state index in [0.29, 0.717) is 0 Å². The van der Waals surface area contributed by atoms with Crippen LogP contribution in [-0.4, -0.2) is 23.9 Å². The Morgan fingerprint density at radius 3 is 1.64 bits per heavy atom. The molecule has 0 aromatic rings. The standard InChI is InChI=1S/C5H3F8N/c1-2(4(7,8)9)3(6)14(13)5(10,11)12/h3H,1H2/t3-/m1/s1. The molecule has 14 heavy (non-hydrogen) atoms. The van der Waals surface area contributed by atoms with Gasteiger partial charge in [0.1, 0.15) is 0 Å². The lowest BCUT2D eigenvalue weighted by Gasteiger charge is -2.21. The van der Waals surface area contributed by atoms with Crippen LogP contribution in [0.4, 0.5) is 35.2 Å². The SMILES string of the molecule is C=C([C@H](F)N(F)C(F)(F)F)C(F)(F)F. The van der Waals surface area contributed by atoms with E-state index in [0.717, 1.165) is 0 Å². The lowest BCUT2D eigenvalue weighted by Crippen LogP contribution is -2.40. The largest absolute Gasteiger partial charge is 0.490 e. The first-order valence-electron chi connectivity index (χ1n) is 2.90. The van der Waals surface area contributed by atoms with Crippen molar-refractivity contribution in [3.63, 3.8) is 0 Å². The van der Waals surface area contributed by atoms with Gasteiger partial charge in [0.15, 0.2) is 0 Å². The highest BCUT2D eigenvalue weighted by atomic mass is 19.4. The minimum Gasteiger partial charge on any atom is -0.222 e. The molecule has 0 unspecified atom stereocenters. The van der Waals surface area contributed by atoms with Crippen LogP contribution < -0.4 is 0 Å². The summed E-state index contributed by atoms with van der Waals surface area (Å²) in [5, 5.41) is -2.51. The number of halogens is 8. The van der Waals surface area contributed by atoms with Gasteiger partial charge in [0.25, 0.3) is 0 Å². The molecule has 0 aliphatic rings. The molecule has 0 aromatic carbocycles. The van der Waals surface area contributed by atoms with Gasteiger partial charge in [0.2, 0.25) is 6.30 Å². The molecule has 0 rings (SSSR count). The van der Waals surface area contributed by atoms with E-state index in [-0.39, 0.29) is 0 Å². The maximum absolute atomic E-state index is 12.2. The van der Waals surface area contributed by atoms with Crippen LogP contribution in [-0.2, 0) is 0 Å². The molecule has 0 aromatic heterocycles. The fourth-order valence-electron chi connectivity index (χ4n) is 0.400. The summed E-state index contributed by atoms with van der Waals surface area (Å²) in [5.41, 5.74) is -2.46. The molecule has 0 spiro atoms. The molecule has 1 nitrogen and oxygen atoms in total. The quantitative estimate of drug-likeness (QED) is 0.304. The molecule has 0 bridgehead atoms. The lowest BCUT2D eigenvalue weighted by atomic mass is 10.3. The molecule has 9 heteroatoms. The van der Waals surface area contributed by atoms with E-state index < -0.39 is 29.5 Å². The van der Waals surface area contributed by atoms with Crippen LogP contribution in [0.5, 0.6) is 0 Å². The zero-order valence-corrected chi connectivity index (χ0v) is 6.26. The van der Waals surface area contributed by atoms with Crippen molar-refractivity contribution in [3.8, 4) is 0 Å². The van der Waals surface area contributed by atoms with Crippen molar-refractivity contribution in [2.45, 2.75) is 18.8 Å². The van der Waals surface area contributed by atoms with Crippen molar-refractivity contribution in [1.29, 1.82) is 0 Å². The van der Waals surface area contributed by atoms with Crippen LogP contribution in [0.25, 0.3) is 0 Å². The molecule has 0 aliphatic carbocycles. The molecule has 0 aliphatic heterocycles. The molecule has 0 saturated heterocycles. The Labute approximate surface area is 72.5 Å². The zero-order chi connectivity index (χ0) is 11.7. The molecule has 0 saturated carbocycles. The maximum Gasteiger partial charge on any atom is 0.490 e. The smallest absolute Gasteiger partial charge is 0.222 e. The van der Waals surface area contributed by atoms with E-state index in [1.54, 1.807) is 0 Å². The van der Waals surface area contributed by atoms with E-state index in [1.807, 2.05) is 6.58 Å². The monoisotopic (exact) mass is 229 g/mol. The van der Waals surface area contributed by atoms with E-state index >= 15 is 0 Å².